The van der Waals surface area contributed by atoms with E-state index in [4.69, 9.17) is 9.84 Å². The number of hydrogen-bond donors (Lipinski definition) is 2. The molecule has 0 amide bonds. The van der Waals surface area contributed by atoms with Crippen molar-refractivity contribution in [1.82, 2.24) is 4.98 Å². The van der Waals surface area contributed by atoms with Gasteiger partial charge in [0.15, 0.2) is 5.75 Å². The summed E-state index contributed by atoms with van der Waals surface area (Å²) >= 11 is 6.66. The number of rotatable bonds is 6. The molecule has 4 rings (SSSR count). The van der Waals surface area contributed by atoms with E-state index in [1.807, 2.05) is 18.3 Å². The number of ether oxygens (including phenoxy) is 1. The third-order valence-electron chi connectivity index (χ3n) is 4.80. The number of fused-ring (bicyclic) bond motifs is 1. The standard InChI is InChI=1S/C23H15Br2F2NO3/c24-18-8-13(21(27)23(29)30)9-19(25)22(18)31-16-5-6-20-17(10-16)14(11-28-20)7-12-1-3-15(26)4-2-12/h1-6,8-11,21,28H,7H2,(H,29,30). The highest BCUT2D eigenvalue weighted by Crippen LogP contribution is 2.40. The first-order chi connectivity index (χ1) is 14.8. The Hall–Kier alpha value is -2.71. The summed E-state index contributed by atoms with van der Waals surface area (Å²) < 4.78 is 33.9. The number of hydrogen-bond acceptors (Lipinski definition) is 2. The van der Waals surface area contributed by atoms with Gasteiger partial charge in [-0.2, -0.15) is 0 Å². The minimum Gasteiger partial charge on any atom is -0.479 e. The molecule has 0 saturated heterocycles. The highest BCUT2D eigenvalue weighted by Gasteiger charge is 2.22. The zero-order chi connectivity index (χ0) is 22.1. The predicted octanol–water partition coefficient (Wildman–Crippen LogP) is 7.31. The first kappa shape index (κ1) is 21.5. The van der Waals surface area contributed by atoms with Crippen LogP contribution < -0.4 is 4.74 Å². The van der Waals surface area contributed by atoms with Crippen LogP contribution in [-0.2, 0) is 11.2 Å². The summed E-state index contributed by atoms with van der Waals surface area (Å²) in [5.41, 5.74) is 2.94. The van der Waals surface area contributed by atoms with Crippen molar-refractivity contribution in [2.24, 2.45) is 0 Å². The van der Waals surface area contributed by atoms with Crippen LogP contribution >= 0.6 is 31.9 Å². The van der Waals surface area contributed by atoms with Crippen molar-refractivity contribution in [3.05, 3.63) is 92.2 Å². The lowest BCUT2D eigenvalue weighted by Gasteiger charge is -2.13. The molecule has 2 N–H and O–H groups in total. The molecule has 0 spiro atoms. The third-order valence-corrected chi connectivity index (χ3v) is 5.97. The Bertz CT molecular complexity index is 1250. The number of aromatic nitrogens is 1. The smallest absolute Gasteiger partial charge is 0.343 e. The molecule has 0 aliphatic heterocycles. The number of carbonyl (C=O) groups is 1. The summed E-state index contributed by atoms with van der Waals surface area (Å²) in [6.45, 7) is 0. The monoisotopic (exact) mass is 549 g/mol. The van der Waals surface area contributed by atoms with E-state index in [2.05, 4.69) is 36.8 Å². The fourth-order valence-corrected chi connectivity index (χ4v) is 4.66. The number of halogens is 4. The number of benzene rings is 3. The fraction of sp³-hybridized carbons (Fsp3) is 0.0870. The van der Waals surface area contributed by atoms with Crippen LogP contribution in [0.15, 0.2) is 69.7 Å². The quantitative estimate of drug-likeness (QED) is 0.264. The predicted molar refractivity (Wildman–Crippen MR) is 121 cm³/mol. The Morgan fingerprint density at radius 3 is 2.39 bits per heavy atom. The lowest BCUT2D eigenvalue weighted by atomic mass is 10.0. The molecule has 1 unspecified atom stereocenters. The number of aliphatic carboxylic acids is 1. The molecule has 0 saturated carbocycles. The molecule has 1 heterocycles. The van der Waals surface area contributed by atoms with Crippen LogP contribution in [0.1, 0.15) is 22.9 Å². The third kappa shape index (κ3) is 4.65. The molecule has 31 heavy (non-hydrogen) atoms. The summed E-state index contributed by atoms with van der Waals surface area (Å²) in [6, 6.07) is 14.7. The number of aromatic amines is 1. The summed E-state index contributed by atoms with van der Waals surface area (Å²) in [5, 5.41) is 9.85. The van der Waals surface area contributed by atoms with Crippen LogP contribution in [-0.4, -0.2) is 16.1 Å². The van der Waals surface area contributed by atoms with Crippen molar-refractivity contribution in [3.8, 4) is 11.5 Å². The maximum Gasteiger partial charge on any atom is 0.343 e. The van der Waals surface area contributed by atoms with Crippen LogP contribution in [0.25, 0.3) is 10.9 Å². The van der Waals surface area contributed by atoms with Gasteiger partial charge in [-0.1, -0.05) is 12.1 Å². The maximum atomic E-state index is 13.9. The minimum atomic E-state index is -2.13. The normalized spacial score (nSPS) is 12.1. The highest BCUT2D eigenvalue weighted by atomic mass is 79.9. The molecule has 4 aromatic rings. The van der Waals surface area contributed by atoms with Crippen LogP contribution in [0.2, 0.25) is 0 Å². The van der Waals surface area contributed by atoms with E-state index in [1.54, 1.807) is 18.2 Å². The number of carboxylic acids is 1. The summed E-state index contributed by atoms with van der Waals surface area (Å²) in [7, 11) is 0. The average Bonchev–Trinajstić information content (AvgIpc) is 3.13. The molecular weight excluding hydrogens is 536 g/mol. The lowest BCUT2D eigenvalue weighted by molar-refractivity contribution is -0.143. The average molecular weight is 551 g/mol. The van der Waals surface area contributed by atoms with Gasteiger partial charge in [0.1, 0.15) is 11.6 Å². The van der Waals surface area contributed by atoms with Gasteiger partial charge in [-0.25, -0.2) is 13.6 Å². The van der Waals surface area contributed by atoms with Gasteiger partial charge >= 0.3 is 5.97 Å². The molecular formula is C23H15Br2F2NO3. The van der Waals surface area contributed by atoms with Gasteiger partial charge in [0.05, 0.1) is 8.95 Å². The Morgan fingerprint density at radius 2 is 1.74 bits per heavy atom. The summed E-state index contributed by atoms with van der Waals surface area (Å²) in [6.07, 6.45) is 0.400. The van der Waals surface area contributed by atoms with E-state index >= 15 is 0 Å². The number of nitrogens with one attached hydrogen (secondary N) is 1. The van der Waals surface area contributed by atoms with Crippen LogP contribution in [0.5, 0.6) is 11.5 Å². The Labute approximate surface area is 193 Å². The van der Waals surface area contributed by atoms with Crippen molar-refractivity contribution >= 4 is 48.7 Å². The zero-order valence-electron chi connectivity index (χ0n) is 15.8. The second-order valence-corrected chi connectivity index (χ2v) is 8.65. The van der Waals surface area contributed by atoms with Crippen LogP contribution in [0, 0.1) is 5.82 Å². The van der Waals surface area contributed by atoms with E-state index in [0.29, 0.717) is 26.9 Å². The molecule has 0 fully saturated rings. The van der Waals surface area contributed by atoms with Gasteiger partial charge in [-0.15, -0.1) is 0 Å². The van der Waals surface area contributed by atoms with E-state index < -0.39 is 12.1 Å². The van der Waals surface area contributed by atoms with Crippen LogP contribution in [0.3, 0.4) is 0 Å². The molecule has 0 aliphatic rings. The zero-order valence-corrected chi connectivity index (χ0v) is 19.0. The molecule has 158 valence electrons. The minimum absolute atomic E-state index is 0.00118. The molecule has 8 heteroatoms. The molecule has 0 bridgehead atoms. The van der Waals surface area contributed by atoms with Gasteiger partial charge in [0.2, 0.25) is 6.17 Å². The van der Waals surface area contributed by atoms with Crippen molar-refractivity contribution in [2.75, 3.05) is 0 Å². The first-order valence-electron chi connectivity index (χ1n) is 9.20. The molecule has 0 aliphatic carbocycles. The molecule has 0 radical (unpaired) electrons. The van der Waals surface area contributed by atoms with Gasteiger partial charge in [0, 0.05) is 17.1 Å². The molecule has 1 atom stereocenters. The second kappa shape index (κ2) is 8.80. The number of carboxylic acid groups (broad SMARTS) is 1. The Kier molecular flexibility index (Phi) is 6.11. The number of H-pyrrole nitrogens is 1. The van der Waals surface area contributed by atoms with Gasteiger partial charge in [-0.05, 0) is 97.4 Å². The van der Waals surface area contributed by atoms with Crippen molar-refractivity contribution < 1.29 is 23.4 Å². The van der Waals surface area contributed by atoms with Gasteiger partial charge in [-0.3, -0.25) is 0 Å². The molecule has 4 nitrogen and oxygen atoms in total. The fourth-order valence-electron chi connectivity index (χ4n) is 3.27. The SMILES string of the molecule is O=C(O)C(F)c1cc(Br)c(Oc2ccc3[nH]cc(Cc4ccc(F)cc4)c3c2)c(Br)c1. The van der Waals surface area contributed by atoms with E-state index in [0.717, 1.165) is 22.0 Å². The first-order valence-corrected chi connectivity index (χ1v) is 10.8. The molecule has 1 aromatic heterocycles. The Morgan fingerprint density at radius 1 is 1.06 bits per heavy atom. The second-order valence-electron chi connectivity index (χ2n) is 6.94. The van der Waals surface area contributed by atoms with E-state index in [1.165, 1.54) is 24.3 Å². The lowest BCUT2D eigenvalue weighted by Crippen LogP contribution is -2.06. The van der Waals surface area contributed by atoms with E-state index in [9.17, 15) is 13.6 Å². The number of alkyl halides is 1. The summed E-state index contributed by atoms with van der Waals surface area (Å²) in [5.74, 6) is -0.880. The van der Waals surface area contributed by atoms with Gasteiger partial charge in [0.25, 0.3) is 0 Å². The van der Waals surface area contributed by atoms with E-state index in [-0.39, 0.29) is 11.4 Å². The van der Waals surface area contributed by atoms with Gasteiger partial charge < -0.3 is 14.8 Å². The Balaban J connectivity index is 1.63. The highest BCUT2D eigenvalue weighted by molar-refractivity contribution is 9.11. The summed E-state index contributed by atoms with van der Waals surface area (Å²) in [4.78, 5) is 14.1. The maximum absolute atomic E-state index is 13.9. The van der Waals surface area contributed by atoms with Crippen molar-refractivity contribution in [2.45, 2.75) is 12.6 Å². The molecule has 3 aromatic carbocycles. The topological polar surface area (TPSA) is 62.3 Å². The van der Waals surface area contributed by atoms with Crippen molar-refractivity contribution in [3.63, 3.8) is 0 Å². The van der Waals surface area contributed by atoms with Crippen molar-refractivity contribution in [1.29, 1.82) is 0 Å². The largest absolute Gasteiger partial charge is 0.479 e. The van der Waals surface area contributed by atoms with Crippen LogP contribution in [0.4, 0.5) is 8.78 Å².